The Morgan fingerprint density at radius 2 is 1.93 bits per heavy atom. The Kier molecular flexibility index (Phi) is 5.71. The molecule has 1 fully saturated rings. The van der Waals surface area contributed by atoms with Crippen LogP contribution in [0.2, 0.25) is 0 Å². The van der Waals surface area contributed by atoms with Crippen molar-refractivity contribution in [3.8, 4) is 5.88 Å². The molecule has 0 aromatic carbocycles. The molecule has 0 N–H and O–H groups in total. The van der Waals surface area contributed by atoms with Gasteiger partial charge in [0, 0.05) is 51.1 Å². The van der Waals surface area contributed by atoms with Crippen LogP contribution in [0.4, 0.5) is 0 Å². The normalized spacial score (nSPS) is 16.1. The van der Waals surface area contributed by atoms with E-state index in [9.17, 15) is 13.2 Å². The number of rotatable bonds is 4. The number of aryl methyl sites for hydroxylation is 2. The van der Waals surface area contributed by atoms with E-state index < -0.39 is 10.0 Å². The van der Waals surface area contributed by atoms with Crippen LogP contribution in [0.25, 0.3) is 0 Å². The van der Waals surface area contributed by atoms with Gasteiger partial charge in [-0.2, -0.15) is 9.40 Å². The summed E-state index contributed by atoms with van der Waals surface area (Å²) in [6, 6.07) is 3.22. The highest BCUT2D eigenvalue weighted by molar-refractivity contribution is 7.89. The molecule has 1 saturated heterocycles. The highest BCUT2D eigenvalue weighted by atomic mass is 32.2. The van der Waals surface area contributed by atoms with E-state index >= 15 is 0 Å². The third kappa shape index (κ3) is 3.74. The van der Waals surface area contributed by atoms with Crippen LogP contribution < -0.4 is 4.74 Å². The van der Waals surface area contributed by atoms with Crippen LogP contribution in [0.1, 0.15) is 28.2 Å². The molecule has 0 unspecified atom stereocenters. The van der Waals surface area contributed by atoms with Crippen molar-refractivity contribution >= 4 is 15.9 Å². The van der Waals surface area contributed by atoms with Crippen molar-refractivity contribution in [1.29, 1.82) is 0 Å². The van der Waals surface area contributed by atoms with Gasteiger partial charge in [-0.3, -0.25) is 9.48 Å². The summed E-state index contributed by atoms with van der Waals surface area (Å²) in [6.45, 7) is 4.85. The summed E-state index contributed by atoms with van der Waals surface area (Å²) in [5.41, 5.74) is 1.57. The number of hydrogen-bond acceptors (Lipinski definition) is 6. The van der Waals surface area contributed by atoms with Gasteiger partial charge in [-0.15, -0.1) is 0 Å². The van der Waals surface area contributed by atoms with E-state index in [1.165, 1.54) is 17.6 Å². The lowest BCUT2D eigenvalue weighted by molar-refractivity contribution is 0.0763. The Morgan fingerprint density at radius 1 is 1.18 bits per heavy atom. The minimum absolute atomic E-state index is 0.159. The van der Waals surface area contributed by atoms with Crippen LogP contribution in [0.3, 0.4) is 0 Å². The molecule has 1 aliphatic heterocycles. The summed E-state index contributed by atoms with van der Waals surface area (Å²) in [6.07, 6.45) is 2.08. The van der Waals surface area contributed by atoms with E-state index in [2.05, 4.69) is 10.1 Å². The molecule has 0 radical (unpaired) electrons. The van der Waals surface area contributed by atoms with Gasteiger partial charge in [0.2, 0.25) is 15.9 Å². The van der Waals surface area contributed by atoms with Gasteiger partial charge in [0.05, 0.1) is 18.5 Å². The first kappa shape index (κ1) is 20.3. The fourth-order valence-electron chi connectivity index (χ4n) is 3.43. The molecule has 0 saturated carbocycles. The fraction of sp³-hybridized carbons (Fsp3) is 0.500. The van der Waals surface area contributed by atoms with Gasteiger partial charge in [0.1, 0.15) is 4.90 Å². The largest absolute Gasteiger partial charge is 0.481 e. The summed E-state index contributed by atoms with van der Waals surface area (Å²) in [7, 11) is -0.445. The monoisotopic (exact) mass is 407 g/mol. The van der Waals surface area contributed by atoms with E-state index in [0.717, 1.165) is 0 Å². The predicted molar refractivity (Wildman–Crippen MR) is 103 cm³/mol. The molecule has 1 aliphatic rings. The first-order valence-electron chi connectivity index (χ1n) is 9.05. The van der Waals surface area contributed by atoms with E-state index in [1.54, 1.807) is 42.6 Å². The van der Waals surface area contributed by atoms with Crippen molar-refractivity contribution < 1.29 is 17.9 Å². The number of carbonyl (C=O) groups excluding carboxylic acids is 1. The zero-order valence-electron chi connectivity index (χ0n) is 16.5. The van der Waals surface area contributed by atoms with Gasteiger partial charge in [0.25, 0.3) is 5.91 Å². The van der Waals surface area contributed by atoms with E-state index in [0.29, 0.717) is 48.9 Å². The number of ether oxygens (including phenoxy) is 1. The third-order valence-corrected chi connectivity index (χ3v) is 7.13. The maximum atomic E-state index is 13.2. The molecule has 3 rings (SSSR count). The average molecular weight is 407 g/mol. The molecule has 28 heavy (non-hydrogen) atoms. The molecule has 9 nitrogen and oxygen atoms in total. The SMILES string of the molecule is COc1cc(C(=O)N2CCCN(S(=O)(=O)c3c(C)nn(C)c3C)CC2)ccn1. The number of pyridine rings is 1. The van der Waals surface area contributed by atoms with Crippen molar-refractivity contribution in [1.82, 2.24) is 24.0 Å². The molecule has 10 heteroatoms. The first-order chi connectivity index (χ1) is 13.3. The lowest BCUT2D eigenvalue weighted by Gasteiger charge is -2.22. The Hall–Kier alpha value is -2.46. The molecule has 3 heterocycles. The van der Waals surface area contributed by atoms with Crippen LogP contribution in [-0.4, -0.2) is 71.6 Å². The van der Waals surface area contributed by atoms with Gasteiger partial charge in [-0.1, -0.05) is 0 Å². The quantitative estimate of drug-likeness (QED) is 0.749. The second-order valence-corrected chi connectivity index (χ2v) is 8.64. The molecule has 2 aromatic heterocycles. The molecule has 0 atom stereocenters. The van der Waals surface area contributed by atoms with Crippen LogP contribution in [-0.2, 0) is 17.1 Å². The number of aromatic nitrogens is 3. The zero-order chi connectivity index (χ0) is 20.5. The molecule has 0 aliphatic carbocycles. The number of sulfonamides is 1. The zero-order valence-corrected chi connectivity index (χ0v) is 17.4. The molecule has 152 valence electrons. The number of amides is 1. The molecule has 0 spiro atoms. The van der Waals surface area contributed by atoms with Crippen molar-refractivity contribution in [2.45, 2.75) is 25.2 Å². The van der Waals surface area contributed by atoms with E-state index in [-0.39, 0.29) is 17.3 Å². The molecule has 1 amide bonds. The van der Waals surface area contributed by atoms with Crippen LogP contribution in [0, 0.1) is 13.8 Å². The predicted octanol–water partition coefficient (Wildman–Crippen LogP) is 0.977. The topological polar surface area (TPSA) is 97.6 Å². The van der Waals surface area contributed by atoms with Crippen molar-refractivity contribution in [3.05, 3.63) is 35.3 Å². The van der Waals surface area contributed by atoms with Crippen molar-refractivity contribution in [3.63, 3.8) is 0 Å². The average Bonchev–Trinajstić information content (AvgIpc) is 2.85. The number of hydrogen-bond donors (Lipinski definition) is 0. The third-order valence-electron chi connectivity index (χ3n) is 4.97. The van der Waals surface area contributed by atoms with Crippen molar-refractivity contribution in [2.75, 3.05) is 33.3 Å². The minimum atomic E-state index is -3.67. The van der Waals surface area contributed by atoms with Crippen molar-refractivity contribution in [2.24, 2.45) is 7.05 Å². The maximum Gasteiger partial charge on any atom is 0.254 e. The molecule has 0 bridgehead atoms. The first-order valence-corrected chi connectivity index (χ1v) is 10.5. The summed E-state index contributed by atoms with van der Waals surface area (Å²) >= 11 is 0. The second-order valence-electron chi connectivity index (χ2n) is 6.76. The number of carbonyl (C=O) groups is 1. The fourth-order valence-corrected chi connectivity index (χ4v) is 5.30. The molecular formula is C18H25N5O4S. The molecule has 2 aromatic rings. The van der Waals surface area contributed by atoms with Crippen LogP contribution in [0.15, 0.2) is 23.2 Å². The van der Waals surface area contributed by atoms with E-state index in [4.69, 9.17) is 4.74 Å². The number of methoxy groups -OCH3 is 1. The molecular weight excluding hydrogens is 382 g/mol. The standard InChI is InChI=1S/C18H25N5O4S/c1-13-17(14(2)21(3)20-13)28(25,26)23-9-5-8-22(10-11-23)18(24)15-6-7-19-16(12-15)27-4/h6-7,12H,5,8-11H2,1-4H3. The Bertz CT molecular complexity index is 986. The van der Waals surface area contributed by atoms with Gasteiger partial charge in [-0.25, -0.2) is 13.4 Å². The highest BCUT2D eigenvalue weighted by Crippen LogP contribution is 2.24. The Morgan fingerprint density at radius 3 is 2.57 bits per heavy atom. The van der Waals surface area contributed by atoms with Gasteiger partial charge >= 0.3 is 0 Å². The van der Waals surface area contributed by atoms with Crippen LogP contribution >= 0.6 is 0 Å². The lowest BCUT2D eigenvalue weighted by atomic mass is 10.2. The summed E-state index contributed by atoms with van der Waals surface area (Å²) in [5, 5.41) is 4.22. The summed E-state index contributed by atoms with van der Waals surface area (Å²) in [4.78, 5) is 18.8. The van der Waals surface area contributed by atoms with Crippen LogP contribution in [0.5, 0.6) is 5.88 Å². The maximum absolute atomic E-state index is 13.2. The number of nitrogens with zero attached hydrogens (tertiary/aromatic N) is 5. The highest BCUT2D eigenvalue weighted by Gasteiger charge is 2.32. The smallest absolute Gasteiger partial charge is 0.254 e. The van der Waals surface area contributed by atoms with Gasteiger partial charge in [0.15, 0.2) is 0 Å². The Balaban J connectivity index is 1.78. The summed E-state index contributed by atoms with van der Waals surface area (Å²) < 4.78 is 34.4. The summed E-state index contributed by atoms with van der Waals surface area (Å²) in [5.74, 6) is 0.209. The second kappa shape index (κ2) is 7.88. The minimum Gasteiger partial charge on any atom is -0.481 e. The Labute approximate surface area is 165 Å². The van der Waals surface area contributed by atoms with Gasteiger partial charge < -0.3 is 9.64 Å². The van der Waals surface area contributed by atoms with E-state index in [1.807, 2.05) is 0 Å². The lowest BCUT2D eigenvalue weighted by Crippen LogP contribution is -2.37. The van der Waals surface area contributed by atoms with Gasteiger partial charge in [-0.05, 0) is 26.3 Å².